The molecular weight excluding hydrogens is 484 g/mol. The topological polar surface area (TPSA) is 53.2 Å². The van der Waals surface area contributed by atoms with Crippen molar-refractivity contribution in [2.45, 2.75) is 23.8 Å². The minimum Gasteiger partial charge on any atom is -0.339 e. The van der Waals surface area contributed by atoms with E-state index in [0.29, 0.717) is 5.02 Å². The van der Waals surface area contributed by atoms with Crippen LogP contribution in [0.5, 0.6) is 0 Å². The van der Waals surface area contributed by atoms with Gasteiger partial charge in [-0.2, -0.15) is 0 Å². The molecule has 1 atom stereocenters. The molecule has 0 bridgehead atoms. The van der Waals surface area contributed by atoms with Crippen LogP contribution in [-0.2, 0) is 0 Å². The maximum absolute atomic E-state index is 12.5. The fourth-order valence-corrected chi connectivity index (χ4v) is 3.26. The van der Waals surface area contributed by atoms with Gasteiger partial charge in [-0.25, -0.2) is 0 Å². The molecular formula is C18H16Cl5N3OS. The van der Waals surface area contributed by atoms with Crippen LogP contribution in [0.3, 0.4) is 0 Å². The van der Waals surface area contributed by atoms with E-state index in [1.165, 1.54) is 18.2 Å². The number of amides is 1. The van der Waals surface area contributed by atoms with E-state index in [1.54, 1.807) is 0 Å². The average molecular weight is 500 g/mol. The molecule has 0 fully saturated rings. The van der Waals surface area contributed by atoms with Gasteiger partial charge in [-0.15, -0.1) is 0 Å². The summed E-state index contributed by atoms with van der Waals surface area (Å²) in [4.78, 5) is 12.5. The third kappa shape index (κ3) is 6.55. The number of anilines is 1. The molecule has 0 aliphatic heterocycles. The highest BCUT2D eigenvalue weighted by atomic mass is 35.6. The van der Waals surface area contributed by atoms with Crippen LogP contribution in [0.2, 0.25) is 10.0 Å². The third-order valence-corrected chi connectivity index (χ3v) is 5.24. The molecule has 0 radical (unpaired) electrons. The second-order valence-electron chi connectivity index (χ2n) is 5.97. The molecule has 10 heteroatoms. The van der Waals surface area contributed by atoms with Crippen LogP contribution < -0.4 is 16.0 Å². The second-order valence-corrected chi connectivity index (χ2v) is 9.59. The predicted molar refractivity (Wildman–Crippen MR) is 123 cm³/mol. The van der Waals surface area contributed by atoms with Crippen LogP contribution in [0.25, 0.3) is 0 Å². The van der Waals surface area contributed by atoms with Crippen molar-refractivity contribution in [2.75, 3.05) is 5.32 Å². The van der Waals surface area contributed by atoms with Gasteiger partial charge in [0.15, 0.2) is 5.11 Å². The number of rotatable bonds is 4. The number of alkyl halides is 3. The molecule has 0 aromatic heterocycles. The fraction of sp³-hybridized carbons (Fsp3) is 0.222. The van der Waals surface area contributed by atoms with Gasteiger partial charge in [0.2, 0.25) is 3.79 Å². The molecule has 0 aliphatic carbocycles. The first-order chi connectivity index (χ1) is 13.0. The summed E-state index contributed by atoms with van der Waals surface area (Å²) in [5.74, 6) is -0.556. The van der Waals surface area contributed by atoms with Crippen LogP contribution in [0.4, 0.5) is 5.69 Å². The number of hydrogen-bond acceptors (Lipinski definition) is 2. The van der Waals surface area contributed by atoms with Crippen LogP contribution >= 0.6 is 70.2 Å². The zero-order chi connectivity index (χ0) is 21.1. The minimum atomic E-state index is -1.89. The molecule has 150 valence electrons. The Balaban J connectivity index is 2.11. The van der Waals surface area contributed by atoms with Gasteiger partial charge in [-0.1, -0.05) is 64.1 Å². The number of hydrogen-bond donors (Lipinski definition) is 3. The Bertz CT molecular complexity index is 901. The summed E-state index contributed by atoms with van der Waals surface area (Å²) in [5, 5.41) is 9.10. The first-order valence-corrected chi connectivity index (χ1v) is 10.2. The van der Waals surface area contributed by atoms with E-state index in [2.05, 4.69) is 16.0 Å². The van der Waals surface area contributed by atoms with Gasteiger partial charge in [0.1, 0.15) is 6.17 Å². The molecule has 0 aliphatic rings. The van der Waals surface area contributed by atoms with Crippen LogP contribution in [0, 0.1) is 13.8 Å². The van der Waals surface area contributed by atoms with Crippen molar-refractivity contribution >= 4 is 86.9 Å². The summed E-state index contributed by atoms with van der Waals surface area (Å²) in [5.41, 5.74) is 3.18. The number of nitrogens with one attached hydrogen (secondary N) is 3. The second kappa shape index (κ2) is 9.70. The molecule has 2 rings (SSSR count). The summed E-state index contributed by atoms with van der Waals surface area (Å²) in [7, 11) is 0. The van der Waals surface area contributed by atoms with Gasteiger partial charge in [-0.05, 0) is 67.5 Å². The van der Waals surface area contributed by atoms with E-state index < -0.39 is 15.9 Å². The van der Waals surface area contributed by atoms with E-state index in [0.717, 1.165) is 16.8 Å². The van der Waals surface area contributed by atoms with Crippen molar-refractivity contribution in [1.82, 2.24) is 10.6 Å². The van der Waals surface area contributed by atoms with E-state index in [-0.39, 0.29) is 15.7 Å². The van der Waals surface area contributed by atoms with E-state index in [4.69, 9.17) is 70.2 Å². The lowest BCUT2D eigenvalue weighted by molar-refractivity contribution is 0.0934. The number of benzene rings is 2. The molecule has 2 aromatic carbocycles. The Morgan fingerprint density at radius 3 is 2.25 bits per heavy atom. The summed E-state index contributed by atoms with van der Waals surface area (Å²) in [6.45, 7) is 3.99. The number of carbonyl (C=O) groups is 1. The van der Waals surface area contributed by atoms with Crippen molar-refractivity contribution < 1.29 is 4.79 Å². The van der Waals surface area contributed by atoms with Crippen LogP contribution in [-0.4, -0.2) is 21.0 Å². The molecule has 1 amide bonds. The lowest BCUT2D eigenvalue weighted by atomic mass is 10.1. The van der Waals surface area contributed by atoms with Gasteiger partial charge in [0.25, 0.3) is 5.91 Å². The predicted octanol–water partition coefficient (Wildman–Crippen LogP) is 6.02. The van der Waals surface area contributed by atoms with E-state index in [9.17, 15) is 4.79 Å². The summed E-state index contributed by atoms with van der Waals surface area (Å²) >= 11 is 35.2. The lowest BCUT2D eigenvalue weighted by Gasteiger charge is -2.28. The van der Waals surface area contributed by atoms with E-state index >= 15 is 0 Å². The monoisotopic (exact) mass is 497 g/mol. The fourth-order valence-electron chi connectivity index (χ4n) is 2.20. The van der Waals surface area contributed by atoms with Crippen molar-refractivity contribution in [3.63, 3.8) is 0 Å². The Labute approximate surface area is 193 Å². The molecule has 3 N–H and O–H groups in total. The van der Waals surface area contributed by atoms with Crippen molar-refractivity contribution in [3.8, 4) is 0 Å². The number of halogens is 5. The van der Waals surface area contributed by atoms with Gasteiger partial charge in [-0.3, -0.25) is 4.79 Å². The highest BCUT2D eigenvalue weighted by Crippen LogP contribution is 2.30. The zero-order valence-electron chi connectivity index (χ0n) is 14.7. The molecule has 0 saturated heterocycles. The zero-order valence-corrected chi connectivity index (χ0v) is 19.3. The number of carbonyl (C=O) groups excluding carboxylic acids is 1. The van der Waals surface area contributed by atoms with Crippen LogP contribution in [0.15, 0.2) is 36.4 Å². The first-order valence-electron chi connectivity index (χ1n) is 7.95. The summed E-state index contributed by atoms with van der Waals surface area (Å²) < 4.78 is -1.89. The summed E-state index contributed by atoms with van der Waals surface area (Å²) in [6, 6.07) is 10.2. The SMILES string of the molecule is Cc1ccc(NC(=S)N[C@@H](NC(=O)c2ccc(Cl)cc2Cl)C(Cl)(Cl)Cl)cc1C. The Morgan fingerprint density at radius 2 is 1.68 bits per heavy atom. The lowest BCUT2D eigenvalue weighted by Crippen LogP contribution is -2.56. The normalized spacial score (nSPS) is 12.2. The van der Waals surface area contributed by atoms with Crippen molar-refractivity contribution in [1.29, 1.82) is 0 Å². The molecule has 28 heavy (non-hydrogen) atoms. The Kier molecular flexibility index (Phi) is 8.08. The maximum Gasteiger partial charge on any atom is 0.254 e. The molecule has 4 nitrogen and oxygen atoms in total. The van der Waals surface area contributed by atoms with E-state index in [1.807, 2.05) is 32.0 Å². The maximum atomic E-state index is 12.5. The van der Waals surface area contributed by atoms with Gasteiger partial charge in [0.05, 0.1) is 10.6 Å². The molecule has 0 heterocycles. The number of thiocarbonyl (C=S) groups is 1. The minimum absolute atomic E-state index is 0.169. The molecule has 0 spiro atoms. The van der Waals surface area contributed by atoms with Gasteiger partial charge < -0.3 is 16.0 Å². The average Bonchev–Trinajstić information content (AvgIpc) is 2.56. The van der Waals surface area contributed by atoms with Crippen molar-refractivity contribution in [3.05, 3.63) is 63.1 Å². The first kappa shape index (κ1) is 23.3. The quantitative estimate of drug-likeness (QED) is 0.273. The largest absolute Gasteiger partial charge is 0.339 e. The Morgan fingerprint density at radius 1 is 1.00 bits per heavy atom. The highest BCUT2D eigenvalue weighted by Gasteiger charge is 2.35. The number of aryl methyl sites for hydroxylation is 2. The Hall–Kier alpha value is -0.950. The molecule has 0 saturated carbocycles. The molecule has 2 aromatic rings. The third-order valence-electron chi connectivity index (χ3n) is 3.82. The summed E-state index contributed by atoms with van der Waals surface area (Å²) in [6.07, 6.45) is -1.12. The smallest absolute Gasteiger partial charge is 0.254 e. The van der Waals surface area contributed by atoms with Gasteiger partial charge in [0, 0.05) is 10.7 Å². The van der Waals surface area contributed by atoms with Gasteiger partial charge >= 0.3 is 0 Å². The standard InChI is InChI=1S/C18H16Cl5N3OS/c1-9-3-5-12(7-10(9)2)24-17(28)26-16(18(21,22)23)25-15(27)13-6-4-11(19)8-14(13)20/h3-8,16H,1-2H3,(H,25,27)(H2,24,26,28)/t16-/m1/s1. The molecule has 0 unspecified atom stereocenters. The highest BCUT2D eigenvalue weighted by molar-refractivity contribution is 7.80. The van der Waals surface area contributed by atoms with Crippen LogP contribution in [0.1, 0.15) is 21.5 Å². The van der Waals surface area contributed by atoms with Crippen molar-refractivity contribution in [2.24, 2.45) is 0 Å².